The Morgan fingerprint density at radius 1 is 1.00 bits per heavy atom. The number of esters is 1. The highest BCUT2D eigenvalue weighted by Gasteiger charge is 2.46. The molecule has 1 heterocycles. The second kappa shape index (κ2) is 7.60. The SMILES string of the molecule is COC(=O)C(C1CN(C(c2ccccc2)c2ccccc2)C1)S(C)(=O)=O. The van der Waals surface area contributed by atoms with Crippen molar-refractivity contribution >= 4 is 15.8 Å². The van der Waals surface area contributed by atoms with Gasteiger partial charge in [-0.3, -0.25) is 9.69 Å². The van der Waals surface area contributed by atoms with Gasteiger partial charge in [0.1, 0.15) is 0 Å². The maximum Gasteiger partial charge on any atom is 0.324 e. The van der Waals surface area contributed by atoms with Gasteiger partial charge in [-0.1, -0.05) is 60.7 Å². The van der Waals surface area contributed by atoms with Crippen LogP contribution in [0, 0.1) is 5.92 Å². The first-order valence-corrected chi connectivity index (χ1v) is 10.5. The number of carbonyl (C=O) groups is 1. The third-order valence-corrected chi connectivity index (χ3v) is 6.36. The average Bonchev–Trinajstić information content (AvgIpc) is 2.60. The Kier molecular flexibility index (Phi) is 5.44. The largest absolute Gasteiger partial charge is 0.468 e. The van der Waals surface area contributed by atoms with Crippen LogP contribution in [0.25, 0.3) is 0 Å². The van der Waals surface area contributed by atoms with Gasteiger partial charge in [-0.05, 0) is 11.1 Å². The van der Waals surface area contributed by atoms with Gasteiger partial charge in [-0.2, -0.15) is 0 Å². The van der Waals surface area contributed by atoms with Crippen molar-refractivity contribution in [2.45, 2.75) is 11.3 Å². The molecule has 6 heteroatoms. The summed E-state index contributed by atoms with van der Waals surface area (Å²) in [5.74, 6) is -0.930. The molecule has 0 radical (unpaired) electrons. The third kappa shape index (κ3) is 3.81. The van der Waals surface area contributed by atoms with Gasteiger partial charge in [-0.25, -0.2) is 8.42 Å². The molecule has 2 aromatic carbocycles. The molecular weight excluding hydrogens is 350 g/mol. The summed E-state index contributed by atoms with van der Waals surface area (Å²) in [6.45, 7) is 1.06. The lowest BCUT2D eigenvalue weighted by Crippen LogP contribution is -2.57. The molecule has 26 heavy (non-hydrogen) atoms. The van der Waals surface area contributed by atoms with Gasteiger partial charge in [0.2, 0.25) is 0 Å². The van der Waals surface area contributed by atoms with Crippen molar-refractivity contribution in [3.05, 3.63) is 71.8 Å². The standard InChI is InChI=1S/C20H23NO4S/c1-25-20(22)19(26(2,23)24)17-13-21(14-17)18(15-9-5-3-6-10-15)16-11-7-4-8-12-16/h3-12,17-19H,13-14H2,1-2H3. The molecule has 1 aliphatic rings. The van der Waals surface area contributed by atoms with E-state index in [1.807, 2.05) is 36.4 Å². The van der Waals surface area contributed by atoms with Crippen LogP contribution in [0.5, 0.6) is 0 Å². The van der Waals surface area contributed by atoms with Crippen LogP contribution >= 0.6 is 0 Å². The molecule has 0 aliphatic carbocycles. The maximum atomic E-state index is 12.1. The fraction of sp³-hybridized carbons (Fsp3) is 0.350. The molecule has 2 aromatic rings. The number of benzene rings is 2. The predicted octanol–water partition coefficient (Wildman–Crippen LogP) is 2.29. The fourth-order valence-corrected chi connectivity index (χ4v) is 4.99. The molecular formula is C20H23NO4S. The number of nitrogens with zero attached hydrogens (tertiary/aromatic N) is 1. The Hall–Kier alpha value is -2.18. The van der Waals surface area contributed by atoms with Gasteiger partial charge in [0.15, 0.2) is 15.1 Å². The Labute approximate surface area is 154 Å². The lowest BCUT2D eigenvalue weighted by molar-refractivity contribution is -0.142. The van der Waals surface area contributed by atoms with E-state index in [0.29, 0.717) is 13.1 Å². The summed E-state index contributed by atoms with van der Waals surface area (Å²) in [6.07, 6.45) is 1.10. The molecule has 1 saturated heterocycles. The quantitative estimate of drug-likeness (QED) is 0.727. The van der Waals surface area contributed by atoms with Crippen molar-refractivity contribution in [1.29, 1.82) is 0 Å². The van der Waals surface area contributed by atoms with E-state index in [1.54, 1.807) is 0 Å². The number of ether oxygens (including phenoxy) is 1. The zero-order valence-electron chi connectivity index (χ0n) is 14.9. The fourth-order valence-electron chi connectivity index (χ4n) is 3.67. The van der Waals surface area contributed by atoms with Gasteiger partial charge < -0.3 is 4.74 Å². The lowest BCUT2D eigenvalue weighted by atomic mass is 9.88. The minimum atomic E-state index is -3.52. The smallest absolute Gasteiger partial charge is 0.324 e. The Morgan fingerprint density at radius 3 is 1.85 bits per heavy atom. The molecule has 138 valence electrons. The third-order valence-electron chi connectivity index (χ3n) is 4.86. The minimum Gasteiger partial charge on any atom is -0.468 e. The van der Waals surface area contributed by atoms with Crippen molar-refractivity contribution in [2.24, 2.45) is 5.92 Å². The zero-order chi connectivity index (χ0) is 18.7. The van der Waals surface area contributed by atoms with Crippen molar-refractivity contribution in [2.75, 3.05) is 26.5 Å². The molecule has 1 fully saturated rings. The second-order valence-electron chi connectivity index (χ2n) is 6.71. The number of sulfone groups is 1. The highest BCUT2D eigenvalue weighted by Crippen LogP contribution is 2.36. The van der Waals surface area contributed by atoms with Crippen LogP contribution in [0.15, 0.2) is 60.7 Å². The molecule has 0 bridgehead atoms. The summed E-state index contributed by atoms with van der Waals surface area (Å²) in [5, 5.41) is -1.10. The van der Waals surface area contributed by atoms with Crippen LogP contribution in [0.1, 0.15) is 17.2 Å². The van der Waals surface area contributed by atoms with E-state index in [9.17, 15) is 13.2 Å². The van der Waals surface area contributed by atoms with Crippen molar-refractivity contribution < 1.29 is 17.9 Å². The van der Waals surface area contributed by atoms with E-state index in [-0.39, 0.29) is 12.0 Å². The normalized spacial score (nSPS) is 16.9. The van der Waals surface area contributed by atoms with Crippen LogP contribution in [0.2, 0.25) is 0 Å². The van der Waals surface area contributed by atoms with Gasteiger partial charge in [-0.15, -0.1) is 0 Å². The Morgan fingerprint density at radius 2 is 1.46 bits per heavy atom. The summed E-state index contributed by atoms with van der Waals surface area (Å²) in [5.41, 5.74) is 2.29. The van der Waals surface area contributed by atoms with Crippen LogP contribution in [-0.2, 0) is 19.4 Å². The summed E-state index contributed by atoms with van der Waals surface area (Å²) >= 11 is 0. The highest BCUT2D eigenvalue weighted by atomic mass is 32.2. The van der Waals surface area contributed by atoms with E-state index in [1.165, 1.54) is 7.11 Å². The van der Waals surface area contributed by atoms with Gasteiger partial charge in [0.25, 0.3) is 0 Å². The summed E-state index contributed by atoms with van der Waals surface area (Å²) in [6, 6.07) is 20.2. The van der Waals surface area contributed by atoms with E-state index >= 15 is 0 Å². The molecule has 3 rings (SSSR count). The first kappa shape index (κ1) is 18.6. The number of hydrogen-bond donors (Lipinski definition) is 0. The van der Waals surface area contributed by atoms with E-state index in [0.717, 1.165) is 17.4 Å². The van der Waals surface area contributed by atoms with E-state index in [4.69, 9.17) is 4.74 Å². The average molecular weight is 373 g/mol. The first-order valence-electron chi connectivity index (χ1n) is 8.52. The number of methoxy groups -OCH3 is 1. The van der Waals surface area contributed by atoms with Crippen molar-refractivity contribution in [1.82, 2.24) is 4.90 Å². The van der Waals surface area contributed by atoms with Gasteiger partial charge >= 0.3 is 5.97 Å². The number of carbonyl (C=O) groups excluding carboxylic acids is 1. The maximum absolute atomic E-state index is 12.1. The molecule has 1 aliphatic heterocycles. The highest BCUT2D eigenvalue weighted by molar-refractivity contribution is 7.92. The zero-order valence-corrected chi connectivity index (χ0v) is 15.7. The summed E-state index contributed by atoms with van der Waals surface area (Å²) < 4.78 is 28.9. The molecule has 5 nitrogen and oxygen atoms in total. The number of rotatable bonds is 6. The number of likely N-dealkylation sites (tertiary alicyclic amines) is 1. The number of hydrogen-bond acceptors (Lipinski definition) is 5. The van der Waals surface area contributed by atoms with Crippen molar-refractivity contribution in [3.8, 4) is 0 Å². The molecule has 0 amide bonds. The van der Waals surface area contributed by atoms with Crippen molar-refractivity contribution in [3.63, 3.8) is 0 Å². The summed E-state index contributed by atoms with van der Waals surface area (Å²) in [4.78, 5) is 14.2. The summed E-state index contributed by atoms with van der Waals surface area (Å²) in [7, 11) is -2.29. The predicted molar refractivity (Wildman–Crippen MR) is 100 cm³/mol. The second-order valence-corrected chi connectivity index (χ2v) is 8.88. The van der Waals surface area contributed by atoms with E-state index in [2.05, 4.69) is 29.2 Å². The van der Waals surface area contributed by atoms with Gasteiger partial charge in [0, 0.05) is 25.3 Å². The Balaban J connectivity index is 1.85. The molecule has 0 saturated carbocycles. The monoisotopic (exact) mass is 373 g/mol. The molecule has 0 aromatic heterocycles. The van der Waals surface area contributed by atoms with Gasteiger partial charge in [0.05, 0.1) is 13.2 Å². The van der Waals surface area contributed by atoms with Crippen LogP contribution < -0.4 is 0 Å². The molecule has 1 atom stereocenters. The van der Waals surface area contributed by atoms with E-state index < -0.39 is 21.1 Å². The molecule has 0 spiro atoms. The Bertz CT molecular complexity index is 806. The topological polar surface area (TPSA) is 63.7 Å². The molecule has 0 N–H and O–H groups in total. The molecule has 1 unspecified atom stereocenters. The van der Waals surface area contributed by atoms with Crippen LogP contribution in [0.4, 0.5) is 0 Å². The lowest BCUT2D eigenvalue weighted by Gasteiger charge is -2.46. The first-order chi connectivity index (χ1) is 12.4. The minimum absolute atomic E-state index is 0.0338. The van der Waals surface area contributed by atoms with Crippen LogP contribution in [0.3, 0.4) is 0 Å². The van der Waals surface area contributed by atoms with Crippen LogP contribution in [-0.4, -0.2) is 51.0 Å².